The first-order chi connectivity index (χ1) is 17.9. The minimum absolute atomic E-state index is 0.174. The van der Waals surface area contributed by atoms with Crippen LogP contribution in [0.4, 0.5) is 6.01 Å². The summed E-state index contributed by atoms with van der Waals surface area (Å²) in [4.78, 5) is 43.4. The van der Waals surface area contributed by atoms with Gasteiger partial charge in [-0.05, 0) is 73.9 Å². The summed E-state index contributed by atoms with van der Waals surface area (Å²) in [7, 11) is 0. The summed E-state index contributed by atoms with van der Waals surface area (Å²) >= 11 is 0. The van der Waals surface area contributed by atoms with E-state index in [0.717, 1.165) is 40.8 Å². The Morgan fingerprint density at radius 2 is 1.95 bits per heavy atom. The molecule has 0 bridgehead atoms. The van der Waals surface area contributed by atoms with Crippen molar-refractivity contribution < 1.29 is 18.8 Å². The molecule has 37 heavy (non-hydrogen) atoms. The van der Waals surface area contributed by atoms with Crippen molar-refractivity contribution in [1.82, 2.24) is 25.4 Å². The molecule has 2 aliphatic heterocycles. The van der Waals surface area contributed by atoms with Crippen LogP contribution in [0.2, 0.25) is 0 Å². The Labute approximate surface area is 212 Å². The zero-order chi connectivity index (χ0) is 25.3. The van der Waals surface area contributed by atoms with Crippen LogP contribution >= 0.6 is 0 Å². The summed E-state index contributed by atoms with van der Waals surface area (Å²) in [6, 6.07) is 7.71. The number of pyridine rings is 1. The van der Waals surface area contributed by atoms with Crippen molar-refractivity contribution in [3.05, 3.63) is 58.4 Å². The van der Waals surface area contributed by atoms with Crippen LogP contribution < -0.4 is 10.6 Å². The Kier molecular flexibility index (Phi) is 4.76. The molecular weight excluding hydrogens is 472 g/mol. The molecular formula is C27H26N6O4. The molecule has 2 N–H and O–H groups in total. The lowest BCUT2D eigenvalue weighted by molar-refractivity contribution is -0.136. The van der Waals surface area contributed by atoms with E-state index in [9.17, 15) is 14.4 Å². The molecule has 0 radical (unpaired) electrons. The molecule has 10 heteroatoms. The molecule has 4 heterocycles. The summed E-state index contributed by atoms with van der Waals surface area (Å²) in [5.74, 6) is 0.129. The lowest BCUT2D eigenvalue weighted by Crippen LogP contribution is -2.52. The van der Waals surface area contributed by atoms with Gasteiger partial charge in [-0.15, -0.1) is 5.10 Å². The smallest absolute Gasteiger partial charge is 0.316 e. The second kappa shape index (κ2) is 7.96. The summed E-state index contributed by atoms with van der Waals surface area (Å²) in [6.45, 7) is 2.36. The molecule has 1 unspecified atom stereocenters. The fourth-order valence-corrected chi connectivity index (χ4v) is 5.48. The zero-order valence-electron chi connectivity index (χ0n) is 20.4. The fourth-order valence-electron chi connectivity index (χ4n) is 5.48. The molecule has 1 aromatic carbocycles. The summed E-state index contributed by atoms with van der Waals surface area (Å²) in [5, 5.41) is 14.2. The van der Waals surface area contributed by atoms with Gasteiger partial charge in [-0.25, -0.2) is 0 Å². The Bertz CT molecular complexity index is 1450. The van der Waals surface area contributed by atoms with Gasteiger partial charge >= 0.3 is 6.01 Å². The number of piperidine rings is 1. The average molecular weight is 499 g/mol. The van der Waals surface area contributed by atoms with E-state index >= 15 is 0 Å². The molecule has 3 fully saturated rings. The third kappa shape index (κ3) is 3.78. The van der Waals surface area contributed by atoms with Gasteiger partial charge in [0.05, 0.1) is 11.1 Å². The van der Waals surface area contributed by atoms with Gasteiger partial charge in [0.2, 0.25) is 11.8 Å². The molecule has 4 aliphatic rings. The van der Waals surface area contributed by atoms with Crippen molar-refractivity contribution in [3.8, 4) is 11.5 Å². The van der Waals surface area contributed by atoms with E-state index in [1.807, 2.05) is 25.1 Å². The predicted octanol–water partition coefficient (Wildman–Crippen LogP) is 3.18. The SMILES string of the molecule is Cc1cc(C2(Nc3nnc(-c4ccc(C5CC5)nc4)o3)CC2)cc2c1CN(C1CCC(=O)NC1=O)C2=O. The van der Waals surface area contributed by atoms with Gasteiger partial charge < -0.3 is 14.6 Å². The Hall–Kier alpha value is -4.08. The van der Waals surface area contributed by atoms with Crippen LogP contribution in [0.15, 0.2) is 34.9 Å². The number of hydrogen-bond acceptors (Lipinski definition) is 8. The van der Waals surface area contributed by atoms with E-state index in [-0.39, 0.29) is 23.8 Å². The van der Waals surface area contributed by atoms with E-state index in [0.29, 0.717) is 36.4 Å². The van der Waals surface area contributed by atoms with Gasteiger partial charge in [-0.2, -0.15) is 0 Å². The second-order valence-electron chi connectivity index (χ2n) is 10.6. The maximum atomic E-state index is 13.4. The molecule has 188 valence electrons. The van der Waals surface area contributed by atoms with Crippen LogP contribution in [0, 0.1) is 6.92 Å². The number of aromatic nitrogens is 3. The number of nitrogens with zero attached hydrogens (tertiary/aromatic N) is 4. The fraction of sp³-hybridized carbons (Fsp3) is 0.407. The lowest BCUT2D eigenvalue weighted by Gasteiger charge is -2.29. The third-order valence-corrected chi connectivity index (χ3v) is 7.98. The standard InChI is InChI=1S/C27H26N6O4/c1-14-10-17(11-18-19(14)13-33(25(18)36)21-6-7-22(34)29-23(21)35)27(8-9-27)30-26-32-31-24(37-26)16-4-5-20(28-12-16)15-2-3-15/h4-5,10-12,15,21H,2-3,6-9,13H2,1H3,(H,30,32)(H,29,34,35). The van der Waals surface area contributed by atoms with E-state index in [4.69, 9.17) is 4.42 Å². The molecule has 3 aromatic rings. The van der Waals surface area contributed by atoms with Gasteiger partial charge in [-0.3, -0.25) is 24.7 Å². The van der Waals surface area contributed by atoms with Crippen LogP contribution in [0.1, 0.15) is 77.2 Å². The minimum atomic E-state index is -0.627. The first-order valence-corrected chi connectivity index (χ1v) is 12.8. The zero-order valence-corrected chi connectivity index (χ0v) is 20.4. The second-order valence-corrected chi connectivity index (χ2v) is 10.6. The van der Waals surface area contributed by atoms with Crippen molar-refractivity contribution in [2.45, 2.75) is 69.5 Å². The Morgan fingerprint density at radius 3 is 2.65 bits per heavy atom. The monoisotopic (exact) mass is 498 g/mol. The van der Waals surface area contributed by atoms with Crippen molar-refractivity contribution in [1.29, 1.82) is 0 Å². The normalized spacial score (nSPS) is 22.1. The number of rotatable bonds is 6. The largest absolute Gasteiger partial charge is 0.403 e. The van der Waals surface area contributed by atoms with Gasteiger partial charge in [0.15, 0.2) is 0 Å². The molecule has 7 rings (SSSR count). The summed E-state index contributed by atoms with van der Waals surface area (Å²) in [5.41, 5.74) is 5.02. The first-order valence-electron chi connectivity index (χ1n) is 12.8. The molecule has 0 spiro atoms. The van der Waals surface area contributed by atoms with Gasteiger partial charge in [0.25, 0.3) is 11.8 Å². The van der Waals surface area contributed by atoms with Gasteiger partial charge in [-0.1, -0.05) is 11.2 Å². The highest BCUT2D eigenvalue weighted by molar-refractivity contribution is 6.05. The maximum absolute atomic E-state index is 13.4. The predicted molar refractivity (Wildman–Crippen MR) is 131 cm³/mol. The minimum Gasteiger partial charge on any atom is -0.403 e. The highest BCUT2D eigenvalue weighted by Crippen LogP contribution is 2.49. The van der Waals surface area contributed by atoms with Gasteiger partial charge in [0.1, 0.15) is 6.04 Å². The maximum Gasteiger partial charge on any atom is 0.316 e. The number of fused-ring (bicyclic) bond motifs is 1. The Morgan fingerprint density at radius 1 is 1.11 bits per heavy atom. The van der Waals surface area contributed by atoms with Crippen LogP contribution in [-0.2, 0) is 21.7 Å². The van der Waals surface area contributed by atoms with E-state index in [2.05, 4.69) is 31.9 Å². The average Bonchev–Trinajstić information content (AvgIpc) is 3.80. The number of amides is 3. The quantitative estimate of drug-likeness (QED) is 0.496. The van der Waals surface area contributed by atoms with Crippen molar-refractivity contribution in [2.75, 3.05) is 5.32 Å². The number of carbonyl (C=O) groups is 3. The molecule has 3 amide bonds. The number of anilines is 1. The highest BCUT2D eigenvalue weighted by Gasteiger charge is 2.47. The number of hydrogen-bond donors (Lipinski definition) is 2. The number of benzene rings is 1. The number of nitrogens with one attached hydrogen (secondary N) is 2. The van der Waals surface area contributed by atoms with Gasteiger partial charge in [0, 0.05) is 36.3 Å². The van der Waals surface area contributed by atoms with E-state index in [1.54, 1.807) is 11.1 Å². The van der Waals surface area contributed by atoms with Crippen molar-refractivity contribution in [2.24, 2.45) is 0 Å². The van der Waals surface area contributed by atoms with Crippen LogP contribution in [0.5, 0.6) is 0 Å². The summed E-state index contributed by atoms with van der Waals surface area (Å²) in [6.07, 6.45) is 6.50. The van der Waals surface area contributed by atoms with E-state index in [1.165, 1.54) is 12.8 Å². The molecule has 2 aliphatic carbocycles. The highest BCUT2D eigenvalue weighted by atomic mass is 16.4. The van der Waals surface area contributed by atoms with E-state index < -0.39 is 11.9 Å². The van der Waals surface area contributed by atoms with Crippen LogP contribution in [0.3, 0.4) is 0 Å². The van der Waals surface area contributed by atoms with Crippen molar-refractivity contribution >= 4 is 23.7 Å². The summed E-state index contributed by atoms with van der Waals surface area (Å²) < 4.78 is 5.92. The molecule has 1 saturated heterocycles. The number of carbonyl (C=O) groups excluding carboxylic acids is 3. The van der Waals surface area contributed by atoms with Crippen LogP contribution in [-0.4, -0.2) is 43.8 Å². The number of aryl methyl sites for hydroxylation is 1. The Balaban J connectivity index is 1.11. The third-order valence-electron chi connectivity index (χ3n) is 7.98. The molecule has 2 saturated carbocycles. The lowest BCUT2D eigenvalue weighted by atomic mass is 9.95. The topological polar surface area (TPSA) is 130 Å². The molecule has 2 aromatic heterocycles. The number of imide groups is 1. The first kappa shape index (κ1) is 22.1. The van der Waals surface area contributed by atoms with Crippen molar-refractivity contribution in [3.63, 3.8) is 0 Å². The molecule has 1 atom stereocenters. The van der Waals surface area contributed by atoms with Crippen LogP contribution in [0.25, 0.3) is 11.5 Å². The molecule has 10 nitrogen and oxygen atoms in total.